The number of amidine groups is 1. The molecule has 1 aliphatic heterocycles. The lowest BCUT2D eigenvalue weighted by molar-refractivity contribution is 0.130. The quantitative estimate of drug-likeness (QED) is 0.635. The van der Waals surface area contributed by atoms with Crippen LogP contribution in [0.5, 0.6) is 11.5 Å². The Morgan fingerprint density at radius 2 is 2.28 bits per heavy atom. The highest BCUT2D eigenvalue weighted by molar-refractivity contribution is 5.82. The van der Waals surface area contributed by atoms with Crippen molar-refractivity contribution in [3.8, 4) is 11.5 Å². The lowest BCUT2D eigenvalue weighted by atomic mass is 10.0. The van der Waals surface area contributed by atoms with Crippen LogP contribution in [0.4, 0.5) is 0 Å². The van der Waals surface area contributed by atoms with E-state index in [4.69, 9.17) is 20.6 Å². The minimum Gasteiger partial charge on any atom is -0.483 e. The average molecular weight is 248 g/mol. The third-order valence-corrected chi connectivity index (χ3v) is 3.04. The zero-order valence-electron chi connectivity index (χ0n) is 11.1. The van der Waals surface area contributed by atoms with Crippen LogP contribution in [0.3, 0.4) is 0 Å². The minimum absolute atomic E-state index is 0.0485. The van der Waals surface area contributed by atoms with Gasteiger partial charge in [0.15, 0.2) is 17.6 Å². The summed E-state index contributed by atoms with van der Waals surface area (Å²) in [6.45, 7) is 6.05. The monoisotopic (exact) mass is 248 g/mol. The molecule has 0 spiro atoms. The molecule has 1 heterocycles. The van der Waals surface area contributed by atoms with Crippen LogP contribution >= 0.6 is 0 Å². The van der Waals surface area contributed by atoms with E-state index in [1.54, 1.807) is 0 Å². The molecule has 0 radical (unpaired) electrons. The summed E-state index contributed by atoms with van der Waals surface area (Å²) >= 11 is 0. The van der Waals surface area contributed by atoms with Crippen molar-refractivity contribution in [2.24, 2.45) is 5.73 Å². The summed E-state index contributed by atoms with van der Waals surface area (Å²) in [5, 5.41) is 7.49. The van der Waals surface area contributed by atoms with E-state index in [2.05, 4.69) is 13.8 Å². The van der Waals surface area contributed by atoms with Crippen LogP contribution in [-0.2, 0) is 6.42 Å². The molecule has 0 aromatic heterocycles. The Balaban J connectivity index is 2.27. The van der Waals surface area contributed by atoms with E-state index in [-0.39, 0.29) is 17.5 Å². The van der Waals surface area contributed by atoms with Crippen molar-refractivity contribution in [3.63, 3.8) is 0 Å². The summed E-state index contributed by atoms with van der Waals surface area (Å²) < 4.78 is 11.7. The van der Waals surface area contributed by atoms with E-state index in [9.17, 15) is 0 Å². The van der Waals surface area contributed by atoms with Gasteiger partial charge < -0.3 is 15.2 Å². The van der Waals surface area contributed by atoms with Gasteiger partial charge in [0.25, 0.3) is 0 Å². The average Bonchev–Trinajstić information content (AvgIpc) is 2.60. The molecule has 0 saturated heterocycles. The molecule has 4 heteroatoms. The number of nitrogens with one attached hydrogen (secondary N) is 1. The molecule has 0 bridgehead atoms. The maximum absolute atomic E-state index is 7.49. The van der Waals surface area contributed by atoms with Crippen LogP contribution in [0.2, 0.25) is 0 Å². The van der Waals surface area contributed by atoms with Gasteiger partial charge in [0.05, 0.1) is 0 Å². The fourth-order valence-electron chi connectivity index (χ4n) is 2.20. The van der Waals surface area contributed by atoms with Gasteiger partial charge >= 0.3 is 0 Å². The lowest BCUT2D eigenvalue weighted by Crippen LogP contribution is -2.32. The zero-order valence-corrected chi connectivity index (χ0v) is 11.1. The van der Waals surface area contributed by atoms with Gasteiger partial charge in [-0.15, -0.1) is 0 Å². The fourth-order valence-corrected chi connectivity index (χ4v) is 2.20. The maximum Gasteiger partial charge on any atom is 0.165 e. The van der Waals surface area contributed by atoms with Crippen LogP contribution in [0, 0.1) is 5.41 Å². The zero-order chi connectivity index (χ0) is 13.3. The number of ether oxygens (including phenoxy) is 2. The van der Waals surface area contributed by atoms with Crippen molar-refractivity contribution in [2.45, 2.75) is 45.3 Å². The van der Waals surface area contributed by atoms with Crippen LogP contribution in [0.1, 0.15) is 32.8 Å². The molecule has 0 aliphatic carbocycles. The number of nitrogens with two attached hydrogens (primary N) is 1. The van der Waals surface area contributed by atoms with Crippen molar-refractivity contribution >= 4 is 5.84 Å². The topological polar surface area (TPSA) is 68.3 Å². The smallest absolute Gasteiger partial charge is 0.165 e. The summed E-state index contributed by atoms with van der Waals surface area (Å²) in [6, 6.07) is 5.86. The number of benzene rings is 1. The van der Waals surface area contributed by atoms with Gasteiger partial charge in [-0.05, 0) is 26.3 Å². The van der Waals surface area contributed by atoms with Crippen molar-refractivity contribution < 1.29 is 9.47 Å². The minimum atomic E-state index is -0.385. The molecule has 4 nitrogen and oxygen atoms in total. The summed E-state index contributed by atoms with van der Waals surface area (Å²) in [6.07, 6.45) is 1.16. The number of hydrogen-bond donors (Lipinski definition) is 2. The van der Waals surface area contributed by atoms with Crippen molar-refractivity contribution in [3.05, 3.63) is 23.8 Å². The Morgan fingerprint density at radius 1 is 1.56 bits per heavy atom. The van der Waals surface area contributed by atoms with Crippen molar-refractivity contribution in [2.75, 3.05) is 0 Å². The van der Waals surface area contributed by atoms with E-state index in [1.165, 1.54) is 0 Å². The summed E-state index contributed by atoms with van der Waals surface area (Å²) in [5.74, 6) is 1.52. The summed E-state index contributed by atoms with van der Waals surface area (Å²) in [7, 11) is 0. The number of rotatable bonds is 4. The molecule has 1 aromatic rings. The van der Waals surface area contributed by atoms with E-state index < -0.39 is 0 Å². The highest BCUT2D eigenvalue weighted by atomic mass is 16.5. The molecule has 0 fully saturated rings. The molecule has 3 N–H and O–H groups in total. The van der Waals surface area contributed by atoms with Gasteiger partial charge in [0.1, 0.15) is 11.4 Å². The largest absolute Gasteiger partial charge is 0.483 e. The Kier molecular flexibility index (Phi) is 3.20. The molecule has 2 rings (SSSR count). The second kappa shape index (κ2) is 4.52. The van der Waals surface area contributed by atoms with E-state index in [1.807, 2.05) is 25.1 Å². The molecular formula is C14H20N2O2. The molecule has 0 saturated carbocycles. The second-order valence-corrected chi connectivity index (χ2v) is 5.25. The van der Waals surface area contributed by atoms with Gasteiger partial charge in [-0.3, -0.25) is 5.41 Å². The van der Waals surface area contributed by atoms with Gasteiger partial charge in [-0.1, -0.05) is 19.1 Å². The molecule has 18 heavy (non-hydrogen) atoms. The van der Waals surface area contributed by atoms with E-state index >= 15 is 0 Å². The first-order valence-corrected chi connectivity index (χ1v) is 6.24. The third-order valence-electron chi connectivity index (χ3n) is 3.04. The lowest BCUT2D eigenvalue weighted by Gasteiger charge is -2.20. The van der Waals surface area contributed by atoms with Crippen LogP contribution in [-0.4, -0.2) is 17.5 Å². The molecule has 1 aromatic carbocycles. The molecule has 1 atom stereocenters. The SMILES string of the molecule is CCC(Oc1cccc2c1OC(C)(C)C2)C(=N)N. The van der Waals surface area contributed by atoms with Gasteiger partial charge in [-0.2, -0.15) is 0 Å². The Morgan fingerprint density at radius 3 is 2.89 bits per heavy atom. The number of fused-ring (bicyclic) bond motifs is 1. The molecule has 1 unspecified atom stereocenters. The Bertz CT molecular complexity index is 469. The van der Waals surface area contributed by atoms with Crippen molar-refractivity contribution in [1.82, 2.24) is 0 Å². The third kappa shape index (κ3) is 2.42. The maximum atomic E-state index is 7.49. The number of hydrogen-bond acceptors (Lipinski definition) is 3. The first kappa shape index (κ1) is 12.7. The molecule has 0 amide bonds. The van der Waals surface area contributed by atoms with Crippen LogP contribution in [0.25, 0.3) is 0 Å². The Hall–Kier alpha value is -1.71. The highest BCUT2D eigenvalue weighted by Gasteiger charge is 2.32. The predicted molar refractivity (Wildman–Crippen MR) is 71.5 cm³/mol. The molecule has 98 valence electrons. The summed E-state index contributed by atoms with van der Waals surface area (Å²) in [4.78, 5) is 0. The van der Waals surface area contributed by atoms with E-state index in [0.717, 1.165) is 17.7 Å². The van der Waals surface area contributed by atoms with Gasteiger partial charge in [0.2, 0.25) is 0 Å². The van der Waals surface area contributed by atoms with Gasteiger partial charge in [0, 0.05) is 12.0 Å². The van der Waals surface area contributed by atoms with Crippen LogP contribution in [0.15, 0.2) is 18.2 Å². The van der Waals surface area contributed by atoms with Gasteiger partial charge in [-0.25, -0.2) is 0 Å². The second-order valence-electron chi connectivity index (χ2n) is 5.25. The standard InChI is InChI=1S/C14H20N2O2/c1-4-10(13(15)16)17-11-7-5-6-9-8-14(2,3)18-12(9)11/h5-7,10H,4,8H2,1-3H3,(H3,15,16). The highest BCUT2D eigenvalue weighted by Crippen LogP contribution is 2.42. The molecular weight excluding hydrogens is 228 g/mol. The predicted octanol–water partition coefficient (Wildman–Crippen LogP) is 2.49. The van der Waals surface area contributed by atoms with Crippen LogP contribution < -0.4 is 15.2 Å². The van der Waals surface area contributed by atoms with Crippen molar-refractivity contribution in [1.29, 1.82) is 5.41 Å². The summed E-state index contributed by atoms with van der Waals surface area (Å²) in [5.41, 5.74) is 6.47. The number of para-hydroxylation sites is 1. The first-order chi connectivity index (χ1) is 8.43. The van der Waals surface area contributed by atoms with E-state index in [0.29, 0.717) is 12.2 Å². The normalized spacial score (nSPS) is 17.7. The Labute approximate surface area is 108 Å². The molecule has 1 aliphatic rings. The first-order valence-electron chi connectivity index (χ1n) is 6.24. The fraction of sp³-hybridized carbons (Fsp3) is 0.500.